The number of H-pyrrole nitrogens is 1. The van der Waals surface area contributed by atoms with Crippen LogP contribution in [-0.2, 0) is 4.79 Å². The van der Waals surface area contributed by atoms with Crippen LogP contribution in [0.25, 0.3) is 0 Å². The predicted octanol–water partition coefficient (Wildman–Crippen LogP) is 1.91. The number of aromatic nitrogens is 1. The fourth-order valence-corrected chi connectivity index (χ4v) is 3.09. The molecular weight excluding hydrogens is 306 g/mol. The number of pyridine rings is 1. The minimum absolute atomic E-state index is 0.0105. The molecule has 1 aliphatic rings. The fourth-order valence-electron chi connectivity index (χ4n) is 3.09. The Hall–Kier alpha value is -2.89. The predicted molar refractivity (Wildman–Crippen MR) is 91.1 cm³/mol. The van der Waals surface area contributed by atoms with Crippen molar-refractivity contribution in [3.63, 3.8) is 0 Å². The van der Waals surface area contributed by atoms with E-state index in [0.29, 0.717) is 24.1 Å². The van der Waals surface area contributed by atoms with Gasteiger partial charge in [0.1, 0.15) is 0 Å². The quantitative estimate of drug-likeness (QED) is 0.885. The average Bonchev–Trinajstić information content (AvgIpc) is 2.54. The number of anilines is 1. The Morgan fingerprint density at radius 2 is 2.04 bits per heavy atom. The molecule has 2 N–H and O–H groups in total. The number of carbonyl (C=O) groups excluding carboxylic acids is 2. The van der Waals surface area contributed by atoms with E-state index in [0.717, 1.165) is 11.3 Å². The molecule has 0 fully saturated rings. The monoisotopic (exact) mass is 325 g/mol. The van der Waals surface area contributed by atoms with Gasteiger partial charge >= 0.3 is 0 Å². The molecule has 0 bridgehead atoms. The molecule has 0 saturated heterocycles. The largest absolute Gasteiger partial charge is 0.345 e. The third-order valence-electron chi connectivity index (χ3n) is 4.31. The van der Waals surface area contributed by atoms with Crippen molar-refractivity contribution in [3.8, 4) is 0 Å². The van der Waals surface area contributed by atoms with Crippen molar-refractivity contribution in [2.45, 2.75) is 26.3 Å². The van der Waals surface area contributed by atoms with Crippen LogP contribution in [0.4, 0.5) is 5.69 Å². The van der Waals surface area contributed by atoms with E-state index >= 15 is 0 Å². The van der Waals surface area contributed by atoms with Gasteiger partial charge in [0.15, 0.2) is 0 Å². The molecule has 0 saturated carbocycles. The molecule has 0 radical (unpaired) electrons. The van der Waals surface area contributed by atoms with Gasteiger partial charge in [0.2, 0.25) is 11.5 Å². The fraction of sp³-hybridized carbons (Fsp3) is 0.278. The van der Waals surface area contributed by atoms with Crippen molar-refractivity contribution < 1.29 is 9.59 Å². The number of hydrogen-bond donors (Lipinski definition) is 2. The van der Waals surface area contributed by atoms with E-state index in [1.165, 1.54) is 12.3 Å². The lowest BCUT2D eigenvalue weighted by Crippen LogP contribution is -2.40. The summed E-state index contributed by atoms with van der Waals surface area (Å²) in [5.41, 5.74) is 2.60. The number of aryl methyl sites for hydroxylation is 1. The number of benzene rings is 1. The second-order valence-electron chi connectivity index (χ2n) is 5.94. The van der Waals surface area contributed by atoms with E-state index < -0.39 is 0 Å². The Bertz CT molecular complexity index is 857. The molecule has 1 unspecified atom stereocenters. The number of rotatable bonds is 2. The topological polar surface area (TPSA) is 82.3 Å². The van der Waals surface area contributed by atoms with E-state index in [4.69, 9.17) is 0 Å². The van der Waals surface area contributed by atoms with Crippen LogP contribution in [0.15, 0.2) is 41.3 Å². The van der Waals surface area contributed by atoms with Crippen LogP contribution < -0.4 is 15.8 Å². The molecule has 1 aromatic heterocycles. The molecule has 2 heterocycles. The maximum atomic E-state index is 12.6. The van der Waals surface area contributed by atoms with Gasteiger partial charge in [-0.15, -0.1) is 0 Å². The zero-order chi connectivity index (χ0) is 17.3. The average molecular weight is 325 g/mol. The maximum Gasteiger partial charge on any atom is 0.253 e. The smallest absolute Gasteiger partial charge is 0.253 e. The second-order valence-corrected chi connectivity index (χ2v) is 5.94. The van der Waals surface area contributed by atoms with Gasteiger partial charge in [0.05, 0.1) is 11.6 Å². The first-order chi connectivity index (χ1) is 11.5. The lowest BCUT2D eigenvalue weighted by molar-refractivity contribution is -0.116. The summed E-state index contributed by atoms with van der Waals surface area (Å²) in [6.45, 7) is 3.83. The van der Waals surface area contributed by atoms with E-state index in [1.807, 2.05) is 24.3 Å². The van der Waals surface area contributed by atoms with Crippen molar-refractivity contribution in [3.05, 3.63) is 63.6 Å². The van der Waals surface area contributed by atoms with Crippen LogP contribution >= 0.6 is 0 Å². The SMILES string of the molecule is CC(=O)N1CCC(NC(=O)c2c[nH]c(=O)cc2C)c2ccccc21. The highest BCUT2D eigenvalue weighted by molar-refractivity contribution is 5.96. The van der Waals surface area contributed by atoms with E-state index in [1.54, 1.807) is 18.7 Å². The molecule has 1 atom stereocenters. The van der Waals surface area contributed by atoms with Crippen molar-refractivity contribution >= 4 is 17.5 Å². The molecule has 0 spiro atoms. The molecule has 2 amide bonds. The van der Waals surface area contributed by atoms with Crippen molar-refractivity contribution in [1.82, 2.24) is 10.3 Å². The molecule has 6 nitrogen and oxygen atoms in total. The zero-order valence-electron chi connectivity index (χ0n) is 13.6. The lowest BCUT2D eigenvalue weighted by atomic mass is 9.95. The summed E-state index contributed by atoms with van der Waals surface area (Å²) in [4.78, 5) is 39.9. The van der Waals surface area contributed by atoms with Gasteiger partial charge in [-0.2, -0.15) is 0 Å². The number of nitrogens with zero attached hydrogens (tertiary/aromatic N) is 1. The molecule has 24 heavy (non-hydrogen) atoms. The molecule has 3 rings (SSSR count). The summed E-state index contributed by atoms with van der Waals surface area (Å²) in [5, 5.41) is 3.01. The van der Waals surface area contributed by atoms with Crippen LogP contribution in [-0.4, -0.2) is 23.3 Å². The first-order valence-electron chi connectivity index (χ1n) is 7.84. The van der Waals surface area contributed by atoms with Gasteiger partial charge in [-0.3, -0.25) is 14.4 Å². The van der Waals surface area contributed by atoms with Crippen molar-refractivity contribution in [2.75, 3.05) is 11.4 Å². The summed E-state index contributed by atoms with van der Waals surface area (Å²) in [7, 11) is 0. The highest BCUT2D eigenvalue weighted by atomic mass is 16.2. The van der Waals surface area contributed by atoms with E-state index in [9.17, 15) is 14.4 Å². The van der Waals surface area contributed by atoms with Gasteiger partial charge in [-0.1, -0.05) is 18.2 Å². The summed E-state index contributed by atoms with van der Waals surface area (Å²) < 4.78 is 0. The summed E-state index contributed by atoms with van der Waals surface area (Å²) >= 11 is 0. The Kier molecular flexibility index (Phi) is 4.20. The molecule has 0 aliphatic carbocycles. The van der Waals surface area contributed by atoms with Crippen LogP contribution in [0.3, 0.4) is 0 Å². The highest BCUT2D eigenvalue weighted by Gasteiger charge is 2.28. The molecular formula is C18H19N3O3. The van der Waals surface area contributed by atoms with Crippen LogP contribution in [0.5, 0.6) is 0 Å². The Morgan fingerprint density at radius 3 is 2.75 bits per heavy atom. The summed E-state index contributed by atoms with van der Waals surface area (Å²) in [6.07, 6.45) is 2.08. The Balaban J connectivity index is 1.88. The maximum absolute atomic E-state index is 12.6. The number of aromatic amines is 1. The first-order valence-corrected chi connectivity index (χ1v) is 7.84. The first kappa shape index (κ1) is 16.0. The number of para-hydroxylation sites is 1. The number of amides is 2. The highest BCUT2D eigenvalue weighted by Crippen LogP contribution is 2.33. The standard InChI is InChI=1S/C18H19N3O3/c1-11-9-17(23)19-10-14(11)18(24)20-15-7-8-21(12(2)22)16-6-4-3-5-13(15)16/h3-6,9-10,15H,7-8H2,1-2H3,(H,19,23)(H,20,24). The summed E-state index contributed by atoms with van der Waals surface area (Å²) in [6, 6.07) is 8.82. The molecule has 124 valence electrons. The minimum Gasteiger partial charge on any atom is -0.345 e. The number of hydrogen-bond acceptors (Lipinski definition) is 3. The second kappa shape index (κ2) is 6.31. The van der Waals surface area contributed by atoms with Gasteiger partial charge in [0.25, 0.3) is 5.91 Å². The minimum atomic E-state index is -0.236. The number of fused-ring (bicyclic) bond motifs is 1. The van der Waals surface area contributed by atoms with Gasteiger partial charge in [0, 0.05) is 31.4 Å². The van der Waals surface area contributed by atoms with Crippen LogP contribution in [0.2, 0.25) is 0 Å². The Morgan fingerprint density at radius 1 is 1.29 bits per heavy atom. The van der Waals surface area contributed by atoms with Gasteiger partial charge in [-0.05, 0) is 30.5 Å². The van der Waals surface area contributed by atoms with Crippen LogP contribution in [0, 0.1) is 6.92 Å². The third kappa shape index (κ3) is 2.95. The number of carbonyl (C=O) groups is 2. The molecule has 1 aliphatic heterocycles. The zero-order valence-corrected chi connectivity index (χ0v) is 13.6. The lowest BCUT2D eigenvalue weighted by Gasteiger charge is -2.34. The van der Waals surface area contributed by atoms with Crippen molar-refractivity contribution in [1.29, 1.82) is 0 Å². The molecule has 1 aromatic carbocycles. The van der Waals surface area contributed by atoms with E-state index in [2.05, 4.69) is 10.3 Å². The Labute approximate surface area is 139 Å². The normalized spacial score (nSPS) is 16.4. The molecule has 6 heteroatoms. The summed E-state index contributed by atoms with van der Waals surface area (Å²) in [5.74, 6) is -0.247. The van der Waals surface area contributed by atoms with E-state index in [-0.39, 0.29) is 23.4 Å². The van der Waals surface area contributed by atoms with Crippen molar-refractivity contribution in [2.24, 2.45) is 0 Å². The van der Waals surface area contributed by atoms with Crippen LogP contribution in [0.1, 0.15) is 40.9 Å². The van der Waals surface area contributed by atoms with Gasteiger partial charge in [-0.25, -0.2) is 0 Å². The van der Waals surface area contributed by atoms with Gasteiger partial charge < -0.3 is 15.2 Å². The third-order valence-corrected chi connectivity index (χ3v) is 4.31. The molecule has 2 aromatic rings. The number of nitrogens with one attached hydrogen (secondary N) is 2.